The van der Waals surface area contributed by atoms with E-state index in [4.69, 9.17) is 5.84 Å². The fraction of sp³-hybridized carbons (Fsp3) is 0.200. The molecule has 0 fully saturated rings. The van der Waals surface area contributed by atoms with Gasteiger partial charge in [-0.1, -0.05) is 0 Å². The number of aromatic nitrogens is 1. The highest BCUT2D eigenvalue weighted by molar-refractivity contribution is 6.06. The van der Waals surface area contributed by atoms with Gasteiger partial charge in [0.2, 0.25) is 0 Å². The molecule has 2 rings (SSSR count). The molecule has 110 valence electrons. The molecule has 0 radical (unpaired) electrons. The SMILES string of the molecule is CCN(C(=O)c1cc(C)nc(NN)c1)c1ccc(F)cc1. The van der Waals surface area contributed by atoms with Crippen molar-refractivity contribution in [3.8, 4) is 0 Å². The number of amides is 1. The van der Waals surface area contributed by atoms with Gasteiger partial charge in [-0.3, -0.25) is 4.79 Å². The summed E-state index contributed by atoms with van der Waals surface area (Å²) in [4.78, 5) is 18.3. The van der Waals surface area contributed by atoms with Crippen LogP contribution in [0, 0.1) is 12.7 Å². The van der Waals surface area contributed by atoms with Crippen LogP contribution in [0.1, 0.15) is 23.0 Å². The predicted octanol–water partition coefficient (Wildman–Crippen LogP) is 2.48. The van der Waals surface area contributed by atoms with Gasteiger partial charge in [0.25, 0.3) is 5.91 Å². The van der Waals surface area contributed by atoms with Crippen molar-refractivity contribution in [2.45, 2.75) is 13.8 Å². The first-order valence-electron chi connectivity index (χ1n) is 6.58. The first-order chi connectivity index (χ1) is 10.0. The smallest absolute Gasteiger partial charge is 0.258 e. The van der Waals surface area contributed by atoms with Crippen LogP contribution in [0.3, 0.4) is 0 Å². The first-order valence-corrected chi connectivity index (χ1v) is 6.58. The third-order valence-corrected chi connectivity index (χ3v) is 3.05. The monoisotopic (exact) mass is 288 g/mol. The molecule has 0 bridgehead atoms. The number of hydrogen-bond acceptors (Lipinski definition) is 4. The molecule has 3 N–H and O–H groups in total. The van der Waals surface area contributed by atoms with E-state index in [1.54, 1.807) is 36.1 Å². The summed E-state index contributed by atoms with van der Waals surface area (Å²) in [6.07, 6.45) is 0. The molecule has 1 aromatic carbocycles. The predicted molar refractivity (Wildman–Crippen MR) is 80.5 cm³/mol. The van der Waals surface area contributed by atoms with Crippen molar-refractivity contribution in [3.63, 3.8) is 0 Å². The Balaban J connectivity index is 2.36. The number of aryl methyl sites for hydroxylation is 1. The molecule has 0 unspecified atom stereocenters. The molecule has 0 saturated heterocycles. The standard InChI is InChI=1S/C15H17FN4O/c1-3-20(13-6-4-12(16)5-7-13)15(21)11-8-10(2)18-14(9-11)19-17/h4-9H,3,17H2,1-2H3,(H,18,19). The van der Waals surface area contributed by atoms with E-state index in [0.29, 0.717) is 29.3 Å². The Morgan fingerprint density at radius 2 is 2.00 bits per heavy atom. The number of carbonyl (C=O) groups is 1. The third-order valence-electron chi connectivity index (χ3n) is 3.05. The number of nitrogens with one attached hydrogen (secondary N) is 1. The lowest BCUT2D eigenvalue weighted by molar-refractivity contribution is 0.0988. The fourth-order valence-corrected chi connectivity index (χ4v) is 2.09. The van der Waals surface area contributed by atoms with E-state index in [2.05, 4.69) is 10.4 Å². The van der Waals surface area contributed by atoms with Crippen molar-refractivity contribution in [1.82, 2.24) is 4.98 Å². The van der Waals surface area contributed by atoms with E-state index in [0.717, 1.165) is 0 Å². The van der Waals surface area contributed by atoms with Crippen LogP contribution in [0.2, 0.25) is 0 Å². The molecule has 0 saturated carbocycles. The molecule has 0 aliphatic carbocycles. The molecular weight excluding hydrogens is 271 g/mol. The van der Waals surface area contributed by atoms with Crippen LogP contribution in [0.15, 0.2) is 36.4 Å². The summed E-state index contributed by atoms with van der Waals surface area (Å²) in [5.74, 6) is 5.24. The van der Waals surface area contributed by atoms with Crippen molar-refractivity contribution in [2.24, 2.45) is 5.84 Å². The lowest BCUT2D eigenvalue weighted by atomic mass is 10.1. The van der Waals surface area contributed by atoms with E-state index in [1.807, 2.05) is 6.92 Å². The zero-order chi connectivity index (χ0) is 15.4. The number of nitrogens with two attached hydrogens (primary N) is 1. The number of benzene rings is 1. The van der Waals surface area contributed by atoms with Gasteiger partial charge in [-0.05, 0) is 50.2 Å². The van der Waals surface area contributed by atoms with Crippen LogP contribution in [0.5, 0.6) is 0 Å². The number of hydrogen-bond donors (Lipinski definition) is 2. The lowest BCUT2D eigenvalue weighted by Gasteiger charge is -2.21. The van der Waals surface area contributed by atoms with E-state index in [-0.39, 0.29) is 11.7 Å². The zero-order valence-electron chi connectivity index (χ0n) is 11.9. The van der Waals surface area contributed by atoms with Gasteiger partial charge in [0.15, 0.2) is 0 Å². The Bertz CT molecular complexity index is 643. The molecule has 0 spiro atoms. The summed E-state index contributed by atoms with van der Waals surface area (Å²) in [6.45, 7) is 4.11. The van der Waals surface area contributed by atoms with Gasteiger partial charge >= 0.3 is 0 Å². The second-order valence-corrected chi connectivity index (χ2v) is 4.55. The highest BCUT2D eigenvalue weighted by atomic mass is 19.1. The van der Waals surface area contributed by atoms with E-state index in [1.165, 1.54) is 12.1 Å². The molecule has 1 heterocycles. The van der Waals surface area contributed by atoms with E-state index < -0.39 is 0 Å². The summed E-state index contributed by atoms with van der Waals surface area (Å²) in [5.41, 5.74) is 4.23. The molecule has 0 aliphatic rings. The molecule has 0 atom stereocenters. The number of halogens is 1. The summed E-state index contributed by atoms with van der Waals surface area (Å²) in [6, 6.07) is 9.09. The quantitative estimate of drug-likeness (QED) is 0.670. The van der Waals surface area contributed by atoms with Crippen LogP contribution >= 0.6 is 0 Å². The Morgan fingerprint density at radius 3 is 2.57 bits per heavy atom. The van der Waals surface area contributed by atoms with Crippen molar-refractivity contribution < 1.29 is 9.18 Å². The zero-order valence-corrected chi connectivity index (χ0v) is 11.9. The first kappa shape index (κ1) is 14.9. The molecule has 6 heteroatoms. The molecular formula is C15H17FN4O. The van der Waals surface area contributed by atoms with Gasteiger partial charge in [0.05, 0.1) is 0 Å². The minimum absolute atomic E-state index is 0.189. The number of carbonyl (C=O) groups excluding carboxylic acids is 1. The van der Waals surface area contributed by atoms with Crippen LogP contribution < -0.4 is 16.2 Å². The maximum atomic E-state index is 13.0. The van der Waals surface area contributed by atoms with E-state index >= 15 is 0 Å². The minimum atomic E-state index is -0.336. The summed E-state index contributed by atoms with van der Waals surface area (Å²) in [5, 5.41) is 0. The second kappa shape index (κ2) is 6.32. The molecule has 21 heavy (non-hydrogen) atoms. The maximum absolute atomic E-state index is 13.0. The van der Waals surface area contributed by atoms with Gasteiger partial charge in [-0.25, -0.2) is 15.2 Å². The number of hydrazine groups is 1. The van der Waals surface area contributed by atoms with Gasteiger partial charge in [0, 0.05) is 23.5 Å². The van der Waals surface area contributed by atoms with Crippen molar-refractivity contribution in [1.29, 1.82) is 0 Å². The summed E-state index contributed by atoms with van der Waals surface area (Å²) >= 11 is 0. The maximum Gasteiger partial charge on any atom is 0.258 e. The van der Waals surface area contributed by atoms with Crippen molar-refractivity contribution >= 4 is 17.4 Å². The normalized spacial score (nSPS) is 10.3. The second-order valence-electron chi connectivity index (χ2n) is 4.55. The molecule has 0 aliphatic heterocycles. The molecule has 2 aromatic rings. The minimum Gasteiger partial charge on any atom is -0.309 e. The van der Waals surface area contributed by atoms with Gasteiger partial charge < -0.3 is 10.3 Å². The van der Waals surface area contributed by atoms with Gasteiger partial charge in [-0.2, -0.15) is 0 Å². The van der Waals surface area contributed by atoms with Crippen LogP contribution in [-0.2, 0) is 0 Å². The summed E-state index contributed by atoms with van der Waals surface area (Å²) < 4.78 is 13.0. The van der Waals surface area contributed by atoms with Gasteiger partial charge in [-0.15, -0.1) is 0 Å². The number of nitrogen functional groups attached to an aromatic ring is 1. The topological polar surface area (TPSA) is 71.2 Å². The number of nitrogens with zero attached hydrogens (tertiary/aromatic N) is 2. The van der Waals surface area contributed by atoms with Crippen LogP contribution in [0.4, 0.5) is 15.9 Å². The largest absolute Gasteiger partial charge is 0.309 e. The number of anilines is 2. The molecule has 5 nitrogen and oxygen atoms in total. The number of rotatable bonds is 4. The number of pyridine rings is 1. The third kappa shape index (κ3) is 3.35. The highest BCUT2D eigenvalue weighted by Crippen LogP contribution is 2.19. The molecule has 1 aromatic heterocycles. The highest BCUT2D eigenvalue weighted by Gasteiger charge is 2.17. The average Bonchev–Trinajstić information content (AvgIpc) is 2.49. The van der Waals surface area contributed by atoms with Gasteiger partial charge in [0.1, 0.15) is 11.6 Å². The Kier molecular flexibility index (Phi) is 4.49. The van der Waals surface area contributed by atoms with Crippen LogP contribution in [-0.4, -0.2) is 17.4 Å². The average molecular weight is 288 g/mol. The Labute approximate surface area is 122 Å². The van der Waals surface area contributed by atoms with Crippen molar-refractivity contribution in [3.05, 3.63) is 53.5 Å². The summed E-state index contributed by atoms with van der Waals surface area (Å²) in [7, 11) is 0. The molecule has 1 amide bonds. The fourth-order valence-electron chi connectivity index (χ4n) is 2.09. The van der Waals surface area contributed by atoms with Crippen LogP contribution in [0.25, 0.3) is 0 Å². The van der Waals surface area contributed by atoms with Crippen molar-refractivity contribution in [2.75, 3.05) is 16.9 Å². The Morgan fingerprint density at radius 1 is 1.33 bits per heavy atom. The Hall–Kier alpha value is -2.47. The lowest BCUT2D eigenvalue weighted by Crippen LogP contribution is -2.30. The van der Waals surface area contributed by atoms with E-state index in [9.17, 15) is 9.18 Å².